The van der Waals surface area contributed by atoms with Crippen LogP contribution >= 0.6 is 0 Å². The first-order valence-electron chi connectivity index (χ1n) is 9.43. The van der Waals surface area contributed by atoms with Gasteiger partial charge in [-0.25, -0.2) is 4.79 Å². The van der Waals surface area contributed by atoms with Crippen molar-refractivity contribution in [1.82, 2.24) is 14.7 Å². The van der Waals surface area contributed by atoms with Gasteiger partial charge in [-0.15, -0.1) is 0 Å². The first-order chi connectivity index (χ1) is 13.0. The summed E-state index contributed by atoms with van der Waals surface area (Å²) in [5.74, 6) is 0.172. The molecule has 0 saturated carbocycles. The Morgan fingerprint density at radius 1 is 1.04 bits per heavy atom. The Balaban J connectivity index is 1.63. The highest BCUT2D eigenvalue weighted by Crippen LogP contribution is 2.33. The van der Waals surface area contributed by atoms with E-state index in [1.165, 1.54) is 0 Å². The topological polar surface area (TPSA) is 64.1 Å². The fourth-order valence-electron chi connectivity index (χ4n) is 4.35. The third kappa shape index (κ3) is 3.09. The van der Waals surface area contributed by atoms with Gasteiger partial charge in [0.25, 0.3) is 5.91 Å². The van der Waals surface area contributed by atoms with Gasteiger partial charge in [-0.3, -0.25) is 4.79 Å². The fourth-order valence-corrected chi connectivity index (χ4v) is 4.35. The van der Waals surface area contributed by atoms with E-state index in [4.69, 9.17) is 0 Å². The number of fused-ring (bicyclic) bond motifs is 5. The van der Waals surface area contributed by atoms with Gasteiger partial charge in [0.2, 0.25) is 0 Å². The molecule has 0 unspecified atom stereocenters. The lowest BCUT2D eigenvalue weighted by molar-refractivity contribution is 0.0583. The van der Waals surface area contributed by atoms with Gasteiger partial charge in [0.15, 0.2) is 0 Å². The highest BCUT2D eigenvalue weighted by atomic mass is 16.3. The number of nitrogens with zero attached hydrogens (tertiary/aromatic N) is 3. The standard InChI is InChI=1S/C21H25N3O3/c1-22(2)21(27)23-11-14-7-9-16(13-23)24(12-14)20(26)18-10-8-15-5-3-4-6-17(15)19(18)25/h3-6,8,10,14,16,25H,7,9,11-13H2,1-2H3/t14-,16+/m0/s1. The molecule has 0 aliphatic carbocycles. The second-order valence-electron chi connectivity index (χ2n) is 7.82. The largest absolute Gasteiger partial charge is 0.506 e. The number of hydrogen-bond donors (Lipinski definition) is 1. The van der Waals surface area contributed by atoms with Crippen LogP contribution < -0.4 is 0 Å². The Hall–Kier alpha value is -2.76. The fraction of sp³-hybridized carbons (Fsp3) is 0.429. The van der Waals surface area contributed by atoms with E-state index in [1.54, 1.807) is 25.1 Å². The zero-order chi connectivity index (χ0) is 19.1. The smallest absolute Gasteiger partial charge is 0.319 e. The van der Waals surface area contributed by atoms with E-state index >= 15 is 0 Å². The molecule has 3 fully saturated rings. The van der Waals surface area contributed by atoms with E-state index in [1.807, 2.05) is 40.1 Å². The lowest BCUT2D eigenvalue weighted by Gasteiger charge is -2.36. The zero-order valence-electron chi connectivity index (χ0n) is 15.8. The Morgan fingerprint density at radius 2 is 1.81 bits per heavy atom. The third-order valence-electron chi connectivity index (χ3n) is 5.76. The normalized spacial score (nSPS) is 22.0. The number of amides is 3. The van der Waals surface area contributed by atoms with Crippen LogP contribution in [0, 0.1) is 5.92 Å². The van der Waals surface area contributed by atoms with Gasteiger partial charge in [-0.1, -0.05) is 30.3 Å². The molecular formula is C21H25N3O3. The van der Waals surface area contributed by atoms with E-state index in [0.717, 1.165) is 18.2 Å². The van der Waals surface area contributed by atoms with Crippen molar-refractivity contribution in [2.24, 2.45) is 5.92 Å². The van der Waals surface area contributed by atoms with Crippen molar-refractivity contribution in [3.63, 3.8) is 0 Å². The Kier molecular flexibility index (Phi) is 4.42. The predicted octanol–water partition coefficient (Wildman–Crippen LogP) is 2.76. The van der Waals surface area contributed by atoms with Gasteiger partial charge in [0.1, 0.15) is 5.75 Å². The van der Waals surface area contributed by atoms with Gasteiger partial charge in [-0.05, 0) is 30.2 Å². The van der Waals surface area contributed by atoms with E-state index in [-0.39, 0.29) is 29.6 Å². The van der Waals surface area contributed by atoms with Crippen LogP contribution in [0.1, 0.15) is 23.2 Å². The summed E-state index contributed by atoms with van der Waals surface area (Å²) in [7, 11) is 3.51. The lowest BCUT2D eigenvalue weighted by Crippen LogP contribution is -2.48. The van der Waals surface area contributed by atoms with Crippen LogP contribution in [0.5, 0.6) is 5.75 Å². The number of phenolic OH excluding ortho intramolecular Hbond substituents is 1. The average Bonchev–Trinajstić information content (AvgIpc) is 2.99. The molecule has 5 rings (SSSR count). The predicted molar refractivity (Wildman–Crippen MR) is 104 cm³/mol. The summed E-state index contributed by atoms with van der Waals surface area (Å²) >= 11 is 0. The van der Waals surface area contributed by atoms with Crippen molar-refractivity contribution < 1.29 is 14.7 Å². The number of phenols is 1. The van der Waals surface area contributed by atoms with E-state index in [9.17, 15) is 14.7 Å². The van der Waals surface area contributed by atoms with Crippen molar-refractivity contribution in [1.29, 1.82) is 0 Å². The van der Waals surface area contributed by atoms with Crippen molar-refractivity contribution >= 4 is 22.7 Å². The summed E-state index contributed by atoms with van der Waals surface area (Å²) in [5, 5.41) is 12.3. The molecule has 2 bridgehead atoms. The molecule has 1 N–H and O–H groups in total. The van der Waals surface area contributed by atoms with Crippen molar-refractivity contribution in [3.05, 3.63) is 42.0 Å². The molecule has 6 nitrogen and oxygen atoms in total. The number of benzene rings is 2. The van der Waals surface area contributed by atoms with Crippen molar-refractivity contribution in [2.75, 3.05) is 33.7 Å². The van der Waals surface area contributed by atoms with Crippen LogP contribution in [-0.2, 0) is 0 Å². The van der Waals surface area contributed by atoms with Gasteiger partial charge >= 0.3 is 6.03 Å². The molecule has 142 valence electrons. The summed E-state index contributed by atoms with van der Waals surface area (Å²) in [6.07, 6.45) is 1.91. The monoisotopic (exact) mass is 367 g/mol. The maximum Gasteiger partial charge on any atom is 0.319 e. The molecule has 0 aromatic heterocycles. The number of carbonyl (C=O) groups is 2. The second-order valence-corrected chi connectivity index (χ2v) is 7.82. The summed E-state index contributed by atoms with van der Waals surface area (Å²) in [4.78, 5) is 31.0. The first kappa shape index (κ1) is 17.6. The minimum absolute atomic E-state index is 0.00486. The number of urea groups is 1. The summed E-state index contributed by atoms with van der Waals surface area (Å²) in [5.41, 5.74) is 0.340. The average molecular weight is 367 g/mol. The molecule has 27 heavy (non-hydrogen) atoms. The van der Waals surface area contributed by atoms with Gasteiger partial charge < -0.3 is 19.8 Å². The number of piperidine rings is 1. The molecule has 3 aliphatic heterocycles. The van der Waals surface area contributed by atoms with Gasteiger partial charge in [-0.2, -0.15) is 0 Å². The lowest BCUT2D eigenvalue weighted by atomic mass is 9.94. The number of hydrogen-bond acceptors (Lipinski definition) is 3. The molecule has 2 atom stereocenters. The number of rotatable bonds is 1. The molecule has 0 radical (unpaired) electrons. The SMILES string of the molecule is CN(C)C(=O)N1C[C@@H]2CC[C@H](C1)N(C(=O)c1ccc3ccccc3c1O)C2. The molecule has 3 amide bonds. The van der Waals surface area contributed by atoms with E-state index in [2.05, 4.69) is 0 Å². The van der Waals surface area contributed by atoms with Crippen LogP contribution in [-0.4, -0.2) is 71.5 Å². The zero-order valence-corrected chi connectivity index (χ0v) is 15.8. The maximum atomic E-state index is 13.3. The summed E-state index contributed by atoms with van der Waals surface area (Å²) in [6, 6.07) is 11.1. The molecule has 3 saturated heterocycles. The van der Waals surface area contributed by atoms with Gasteiger partial charge in [0, 0.05) is 45.2 Å². The highest BCUT2D eigenvalue weighted by molar-refractivity contribution is 6.03. The minimum atomic E-state index is -0.146. The second kappa shape index (κ2) is 6.76. The van der Waals surface area contributed by atoms with Crippen molar-refractivity contribution in [2.45, 2.75) is 18.9 Å². The van der Waals surface area contributed by atoms with Crippen LogP contribution in [0.25, 0.3) is 10.8 Å². The minimum Gasteiger partial charge on any atom is -0.506 e. The number of carbonyl (C=O) groups excluding carboxylic acids is 2. The van der Waals surface area contributed by atoms with E-state index < -0.39 is 0 Å². The van der Waals surface area contributed by atoms with Crippen molar-refractivity contribution in [3.8, 4) is 5.75 Å². The molecule has 2 aromatic rings. The highest BCUT2D eigenvalue weighted by Gasteiger charge is 2.39. The third-order valence-corrected chi connectivity index (χ3v) is 5.76. The molecule has 3 aliphatic rings. The quantitative estimate of drug-likeness (QED) is 0.843. The maximum absolute atomic E-state index is 13.3. The molecule has 3 heterocycles. The molecule has 2 aromatic carbocycles. The summed E-state index contributed by atoms with van der Waals surface area (Å²) < 4.78 is 0. The van der Waals surface area contributed by atoms with Gasteiger partial charge in [0.05, 0.1) is 5.56 Å². The van der Waals surface area contributed by atoms with Crippen LogP contribution in [0.3, 0.4) is 0 Å². The van der Waals surface area contributed by atoms with E-state index in [0.29, 0.717) is 30.6 Å². The van der Waals surface area contributed by atoms with Crippen LogP contribution in [0.15, 0.2) is 36.4 Å². The summed E-state index contributed by atoms with van der Waals surface area (Å²) in [6.45, 7) is 1.86. The number of aromatic hydroxyl groups is 1. The molecule has 0 spiro atoms. The Bertz CT molecular complexity index is 895. The van der Waals surface area contributed by atoms with Crippen LogP contribution in [0.4, 0.5) is 4.79 Å². The Labute approximate surface area is 159 Å². The molecular weight excluding hydrogens is 342 g/mol. The van der Waals surface area contributed by atoms with Crippen LogP contribution in [0.2, 0.25) is 0 Å². The first-order valence-corrected chi connectivity index (χ1v) is 9.43. The Morgan fingerprint density at radius 3 is 2.59 bits per heavy atom. The molecule has 6 heteroatoms.